The predicted molar refractivity (Wildman–Crippen MR) is 251 cm³/mol. The van der Waals surface area contributed by atoms with E-state index in [1.54, 1.807) is 5.57 Å². The number of nitrogens with zero attached hydrogens (tertiary/aromatic N) is 5. The van der Waals surface area contributed by atoms with Crippen molar-refractivity contribution in [1.29, 1.82) is 0 Å². The van der Waals surface area contributed by atoms with Crippen molar-refractivity contribution in [3.05, 3.63) is 204 Å². The number of hydrogen-bond donors (Lipinski definition) is 0. The van der Waals surface area contributed by atoms with Crippen LogP contribution in [-0.4, -0.2) is 24.9 Å². The fraction of sp³-hybridized carbons (Fsp3) is 0.175. The molecule has 2 aromatic heterocycles. The lowest BCUT2D eigenvalue weighted by Crippen LogP contribution is -2.29. The SMILES string of the molecule is C[C@@H]1C=CC2=C(c3ccccc3C23CCCCC3)C1c1cccc(-c2cc(-c3ccccc3)nc(-c3cccc(-c4nc(-c5ccccc5)nc(C5C#CC=CC=C5)n4)c3)n2)c1. The molecule has 3 atom stereocenters. The molecule has 4 aliphatic rings. The van der Waals surface area contributed by atoms with Crippen molar-refractivity contribution in [2.75, 3.05) is 0 Å². The minimum atomic E-state index is -0.270. The van der Waals surface area contributed by atoms with Crippen LogP contribution in [0.5, 0.6) is 0 Å². The lowest BCUT2D eigenvalue weighted by atomic mass is 9.65. The van der Waals surface area contributed by atoms with Crippen molar-refractivity contribution in [2.24, 2.45) is 5.92 Å². The molecule has 7 aromatic rings. The normalized spacial score (nSPS) is 19.4. The van der Waals surface area contributed by atoms with Crippen LogP contribution in [0.3, 0.4) is 0 Å². The quantitative estimate of drug-likeness (QED) is 0.150. The standard InChI is InChI=1S/C57H45N5/c1-38-31-32-48-52(46-29-13-14-30-47(46)57(48)33-15-6-16-34-57)51(38)43-26-17-25-42(35-43)50-37-49(39-19-9-4-10-20-39)58-55(59-50)44-27-18-28-45(36-44)56-61-53(40-21-7-2-3-8-22-40)60-54(62-56)41-23-11-5-12-24-41/h2-5,7,9-14,17-21,23-32,35-38,40,51H,6,15-16,33-34H2,1H3/t38-,40?,51?/m1/s1. The van der Waals surface area contributed by atoms with E-state index in [0.29, 0.717) is 29.2 Å². The second-order valence-electron chi connectivity index (χ2n) is 17.0. The Morgan fingerprint density at radius 2 is 1.19 bits per heavy atom. The second-order valence-corrected chi connectivity index (χ2v) is 17.0. The Balaban J connectivity index is 1.02. The summed E-state index contributed by atoms with van der Waals surface area (Å²) in [4.78, 5) is 25.6. The van der Waals surface area contributed by atoms with Gasteiger partial charge in [-0.25, -0.2) is 24.9 Å². The number of hydrogen-bond acceptors (Lipinski definition) is 5. The minimum absolute atomic E-state index is 0.126. The molecule has 1 spiro atoms. The highest BCUT2D eigenvalue weighted by Gasteiger charge is 2.47. The number of fused-ring (bicyclic) bond motifs is 4. The molecule has 0 saturated heterocycles. The van der Waals surface area contributed by atoms with E-state index in [-0.39, 0.29) is 17.3 Å². The van der Waals surface area contributed by atoms with Crippen LogP contribution < -0.4 is 0 Å². The van der Waals surface area contributed by atoms with Gasteiger partial charge in [0.05, 0.1) is 17.3 Å². The van der Waals surface area contributed by atoms with Gasteiger partial charge in [-0.15, -0.1) is 0 Å². The molecular weight excluding hydrogens is 755 g/mol. The third-order valence-electron chi connectivity index (χ3n) is 13.2. The minimum Gasteiger partial charge on any atom is -0.228 e. The predicted octanol–water partition coefficient (Wildman–Crippen LogP) is 13.2. The Hall–Kier alpha value is -7.29. The van der Waals surface area contributed by atoms with E-state index in [0.717, 1.165) is 39.2 Å². The van der Waals surface area contributed by atoms with E-state index in [1.807, 2.05) is 72.8 Å². The molecule has 0 N–H and O–H groups in total. The van der Waals surface area contributed by atoms with Gasteiger partial charge >= 0.3 is 0 Å². The fourth-order valence-corrected chi connectivity index (χ4v) is 10.2. The topological polar surface area (TPSA) is 64.5 Å². The summed E-state index contributed by atoms with van der Waals surface area (Å²) in [5.74, 6) is 9.15. The van der Waals surface area contributed by atoms with Gasteiger partial charge in [-0.3, -0.25) is 0 Å². The highest BCUT2D eigenvalue weighted by Crippen LogP contribution is 2.60. The Kier molecular flexibility index (Phi) is 9.70. The maximum Gasteiger partial charge on any atom is 0.163 e. The molecule has 5 heteroatoms. The number of aromatic nitrogens is 5. The van der Waals surface area contributed by atoms with Crippen LogP contribution in [0.2, 0.25) is 0 Å². The zero-order valence-corrected chi connectivity index (χ0v) is 34.7. The van der Waals surface area contributed by atoms with Crippen molar-refractivity contribution in [3.8, 4) is 68.5 Å². The van der Waals surface area contributed by atoms with Crippen LogP contribution in [0, 0.1) is 17.8 Å². The summed E-state index contributed by atoms with van der Waals surface area (Å²) < 4.78 is 0. The first kappa shape index (κ1) is 37.7. The van der Waals surface area contributed by atoms with Gasteiger partial charge in [-0.2, -0.15) is 0 Å². The number of rotatable bonds is 7. The first-order valence-corrected chi connectivity index (χ1v) is 22.0. The first-order valence-electron chi connectivity index (χ1n) is 22.0. The zero-order chi connectivity index (χ0) is 41.5. The lowest BCUT2D eigenvalue weighted by molar-refractivity contribution is 0.349. The van der Waals surface area contributed by atoms with Gasteiger partial charge in [-0.1, -0.05) is 190 Å². The van der Waals surface area contributed by atoms with E-state index >= 15 is 0 Å². The van der Waals surface area contributed by atoms with Gasteiger partial charge in [0.2, 0.25) is 0 Å². The molecule has 5 aromatic carbocycles. The second kappa shape index (κ2) is 16.0. The van der Waals surface area contributed by atoms with Gasteiger partial charge < -0.3 is 0 Å². The van der Waals surface area contributed by atoms with E-state index in [4.69, 9.17) is 24.9 Å². The molecule has 1 fully saturated rings. The van der Waals surface area contributed by atoms with E-state index in [2.05, 4.69) is 122 Å². The van der Waals surface area contributed by atoms with Gasteiger partial charge in [0.15, 0.2) is 23.3 Å². The van der Waals surface area contributed by atoms with Crippen molar-refractivity contribution < 1.29 is 0 Å². The summed E-state index contributed by atoms with van der Waals surface area (Å²) in [6, 6.07) is 49.2. The van der Waals surface area contributed by atoms with Crippen LogP contribution >= 0.6 is 0 Å². The molecule has 2 unspecified atom stereocenters. The largest absolute Gasteiger partial charge is 0.228 e. The molecule has 0 bridgehead atoms. The number of allylic oxidation sites excluding steroid dienone is 8. The Morgan fingerprint density at radius 1 is 0.548 bits per heavy atom. The van der Waals surface area contributed by atoms with Crippen LogP contribution in [-0.2, 0) is 5.41 Å². The smallest absolute Gasteiger partial charge is 0.163 e. The van der Waals surface area contributed by atoms with Gasteiger partial charge in [0, 0.05) is 39.2 Å². The van der Waals surface area contributed by atoms with Crippen LogP contribution in [0.4, 0.5) is 0 Å². The average Bonchev–Trinajstić information content (AvgIpc) is 3.47. The molecule has 0 aliphatic heterocycles. The fourth-order valence-electron chi connectivity index (χ4n) is 10.2. The average molecular weight is 800 g/mol. The summed E-state index contributed by atoms with van der Waals surface area (Å²) in [6.45, 7) is 2.38. The summed E-state index contributed by atoms with van der Waals surface area (Å²) in [7, 11) is 0. The molecule has 298 valence electrons. The van der Waals surface area contributed by atoms with Crippen molar-refractivity contribution in [3.63, 3.8) is 0 Å². The Morgan fingerprint density at radius 3 is 1.98 bits per heavy atom. The third kappa shape index (κ3) is 6.82. The lowest BCUT2D eigenvalue weighted by Gasteiger charge is -2.38. The molecule has 62 heavy (non-hydrogen) atoms. The molecule has 2 heterocycles. The highest BCUT2D eigenvalue weighted by atomic mass is 15.0. The van der Waals surface area contributed by atoms with Gasteiger partial charge in [0.1, 0.15) is 0 Å². The van der Waals surface area contributed by atoms with E-state index in [9.17, 15) is 0 Å². The molecular formula is C57H45N5. The van der Waals surface area contributed by atoms with Crippen LogP contribution in [0.15, 0.2) is 182 Å². The highest BCUT2D eigenvalue weighted by molar-refractivity contribution is 5.88. The third-order valence-corrected chi connectivity index (χ3v) is 13.2. The monoisotopic (exact) mass is 799 g/mol. The van der Waals surface area contributed by atoms with Crippen molar-refractivity contribution in [2.45, 2.75) is 56.3 Å². The molecule has 1 saturated carbocycles. The molecule has 0 radical (unpaired) electrons. The van der Waals surface area contributed by atoms with Crippen molar-refractivity contribution in [1.82, 2.24) is 24.9 Å². The molecule has 4 aliphatic carbocycles. The molecule has 0 amide bonds. The summed E-state index contributed by atoms with van der Waals surface area (Å²) in [5, 5.41) is 0. The van der Waals surface area contributed by atoms with Crippen LogP contribution in [0.25, 0.3) is 62.3 Å². The van der Waals surface area contributed by atoms with E-state index in [1.165, 1.54) is 54.4 Å². The summed E-state index contributed by atoms with van der Waals surface area (Å²) in [6.07, 6.45) is 19.1. The first-order chi connectivity index (χ1) is 30.6. The maximum absolute atomic E-state index is 5.35. The molecule has 11 rings (SSSR count). The summed E-state index contributed by atoms with van der Waals surface area (Å²) >= 11 is 0. The number of benzene rings is 5. The maximum atomic E-state index is 5.35. The summed E-state index contributed by atoms with van der Waals surface area (Å²) in [5.41, 5.74) is 14.0. The van der Waals surface area contributed by atoms with Crippen molar-refractivity contribution >= 4 is 5.57 Å². The van der Waals surface area contributed by atoms with E-state index < -0.39 is 0 Å². The zero-order valence-electron chi connectivity index (χ0n) is 34.7. The Bertz CT molecular complexity index is 3030. The molecule has 5 nitrogen and oxygen atoms in total. The van der Waals surface area contributed by atoms with Crippen LogP contribution in [0.1, 0.15) is 73.4 Å². The van der Waals surface area contributed by atoms with Gasteiger partial charge in [0.25, 0.3) is 0 Å². The van der Waals surface area contributed by atoms with Gasteiger partial charge in [-0.05, 0) is 70.9 Å². The Labute approximate surface area is 363 Å².